The molecule has 1 aromatic rings. The second kappa shape index (κ2) is 5.97. The first-order chi connectivity index (χ1) is 9.08. The first-order valence-electron chi connectivity index (χ1n) is 6.13. The Morgan fingerprint density at radius 3 is 2.84 bits per heavy atom. The smallest absolute Gasteiger partial charge is 0.320 e. The van der Waals surface area contributed by atoms with E-state index in [2.05, 4.69) is 5.32 Å². The standard InChI is InChI=1S/C13H15F2NO3/c14-9-2-1-3-11(12(9)15)19-7-6-10(13(17)18)16-8-4-5-8/h1-3,8,10,16H,4-7H2,(H,17,18). The van der Waals surface area contributed by atoms with E-state index in [4.69, 9.17) is 9.84 Å². The van der Waals surface area contributed by atoms with Gasteiger partial charge in [-0.15, -0.1) is 0 Å². The van der Waals surface area contributed by atoms with Gasteiger partial charge in [-0.25, -0.2) is 4.39 Å². The van der Waals surface area contributed by atoms with Gasteiger partial charge in [-0.05, 0) is 25.0 Å². The average molecular weight is 271 g/mol. The number of carboxylic acids is 1. The summed E-state index contributed by atoms with van der Waals surface area (Å²) in [6.45, 7) is 0.0110. The van der Waals surface area contributed by atoms with Gasteiger partial charge in [-0.1, -0.05) is 6.07 Å². The monoisotopic (exact) mass is 271 g/mol. The molecule has 0 aromatic heterocycles. The summed E-state index contributed by atoms with van der Waals surface area (Å²) in [6, 6.07) is 3.18. The molecule has 19 heavy (non-hydrogen) atoms. The zero-order chi connectivity index (χ0) is 13.8. The lowest BCUT2D eigenvalue weighted by atomic mass is 10.2. The van der Waals surface area contributed by atoms with Crippen molar-refractivity contribution < 1.29 is 23.4 Å². The Kier molecular flexibility index (Phi) is 4.31. The summed E-state index contributed by atoms with van der Waals surface area (Å²) in [7, 11) is 0. The molecule has 0 heterocycles. The number of carboxylic acid groups (broad SMARTS) is 1. The van der Waals surface area contributed by atoms with Gasteiger partial charge in [-0.2, -0.15) is 4.39 Å². The minimum Gasteiger partial charge on any atom is -0.490 e. The van der Waals surface area contributed by atoms with E-state index in [1.807, 2.05) is 0 Å². The molecule has 1 saturated carbocycles. The Bertz CT molecular complexity index is 463. The van der Waals surface area contributed by atoms with Crippen LogP contribution in [0.2, 0.25) is 0 Å². The molecule has 1 unspecified atom stereocenters. The topological polar surface area (TPSA) is 58.6 Å². The number of rotatable bonds is 7. The summed E-state index contributed by atoms with van der Waals surface area (Å²) in [5.74, 6) is -3.20. The van der Waals surface area contributed by atoms with Gasteiger partial charge in [0.15, 0.2) is 11.6 Å². The molecule has 1 aliphatic carbocycles. The third kappa shape index (κ3) is 3.89. The number of halogens is 2. The highest BCUT2D eigenvalue weighted by Crippen LogP contribution is 2.21. The van der Waals surface area contributed by atoms with Crippen molar-refractivity contribution in [2.45, 2.75) is 31.3 Å². The van der Waals surface area contributed by atoms with Gasteiger partial charge >= 0.3 is 5.97 Å². The molecule has 2 N–H and O–H groups in total. The van der Waals surface area contributed by atoms with Crippen LogP contribution in [-0.4, -0.2) is 29.8 Å². The molecule has 0 aliphatic heterocycles. The third-order valence-electron chi connectivity index (χ3n) is 2.89. The van der Waals surface area contributed by atoms with Gasteiger partial charge < -0.3 is 15.2 Å². The highest BCUT2D eigenvalue weighted by Gasteiger charge is 2.28. The van der Waals surface area contributed by atoms with Crippen LogP contribution in [0.4, 0.5) is 8.78 Å². The molecule has 2 rings (SSSR count). The van der Waals surface area contributed by atoms with E-state index >= 15 is 0 Å². The highest BCUT2D eigenvalue weighted by atomic mass is 19.2. The largest absolute Gasteiger partial charge is 0.490 e. The first-order valence-corrected chi connectivity index (χ1v) is 6.13. The van der Waals surface area contributed by atoms with Crippen molar-refractivity contribution in [1.82, 2.24) is 5.32 Å². The minimum absolute atomic E-state index is 0.0110. The Morgan fingerprint density at radius 1 is 1.47 bits per heavy atom. The van der Waals surface area contributed by atoms with Gasteiger partial charge in [-0.3, -0.25) is 4.79 Å². The predicted molar refractivity (Wildman–Crippen MR) is 64.1 cm³/mol. The average Bonchev–Trinajstić information content (AvgIpc) is 3.17. The van der Waals surface area contributed by atoms with Crippen LogP contribution in [0.3, 0.4) is 0 Å². The van der Waals surface area contributed by atoms with Crippen LogP contribution >= 0.6 is 0 Å². The van der Waals surface area contributed by atoms with E-state index in [0.29, 0.717) is 0 Å². The van der Waals surface area contributed by atoms with E-state index in [1.54, 1.807) is 0 Å². The summed E-state index contributed by atoms with van der Waals surface area (Å²) in [5.41, 5.74) is 0. The van der Waals surface area contributed by atoms with Crippen molar-refractivity contribution in [2.24, 2.45) is 0 Å². The number of ether oxygens (including phenoxy) is 1. The second-order valence-electron chi connectivity index (χ2n) is 4.52. The third-order valence-corrected chi connectivity index (χ3v) is 2.89. The normalized spacial score (nSPS) is 16.1. The van der Waals surface area contributed by atoms with Crippen LogP contribution in [0.5, 0.6) is 5.75 Å². The number of aliphatic carboxylic acids is 1. The maximum Gasteiger partial charge on any atom is 0.320 e. The van der Waals surface area contributed by atoms with Crippen LogP contribution in [-0.2, 0) is 4.79 Å². The van der Waals surface area contributed by atoms with Crippen molar-refractivity contribution >= 4 is 5.97 Å². The molecule has 1 aliphatic rings. The lowest BCUT2D eigenvalue weighted by Gasteiger charge is -2.14. The first kappa shape index (κ1) is 13.7. The van der Waals surface area contributed by atoms with Crippen LogP contribution in [0.15, 0.2) is 18.2 Å². The summed E-state index contributed by atoms with van der Waals surface area (Å²) < 4.78 is 31.3. The molecule has 0 spiro atoms. The minimum atomic E-state index is -1.05. The molecular formula is C13H15F2NO3. The summed E-state index contributed by atoms with van der Waals surface area (Å²) in [5, 5.41) is 11.9. The van der Waals surface area contributed by atoms with Gasteiger partial charge in [0.05, 0.1) is 6.61 Å². The van der Waals surface area contributed by atoms with Crippen molar-refractivity contribution in [2.75, 3.05) is 6.61 Å². The van der Waals surface area contributed by atoms with Crippen molar-refractivity contribution in [3.05, 3.63) is 29.8 Å². The van der Waals surface area contributed by atoms with Crippen molar-refractivity contribution in [3.63, 3.8) is 0 Å². The van der Waals surface area contributed by atoms with Crippen LogP contribution < -0.4 is 10.1 Å². The van der Waals surface area contributed by atoms with Gasteiger partial charge in [0.25, 0.3) is 0 Å². The van der Waals surface area contributed by atoms with Crippen molar-refractivity contribution in [3.8, 4) is 5.75 Å². The van der Waals surface area contributed by atoms with Crippen LogP contribution in [0, 0.1) is 11.6 Å². The lowest BCUT2D eigenvalue weighted by Crippen LogP contribution is -2.39. The number of hydrogen-bond donors (Lipinski definition) is 2. The molecule has 6 heteroatoms. The van der Waals surface area contributed by atoms with Gasteiger partial charge in [0.1, 0.15) is 6.04 Å². The van der Waals surface area contributed by atoms with Gasteiger partial charge in [0, 0.05) is 12.5 Å². The fourth-order valence-corrected chi connectivity index (χ4v) is 1.69. The quantitative estimate of drug-likeness (QED) is 0.795. The van der Waals surface area contributed by atoms with E-state index in [9.17, 15) is 13.6 Å². The zero-order valence-electron chi connectivity index (χ0n) is 10.2. The molecule has 4 nitrogen and oxygen atoms in total. The summed E-state index contributed by atoms with van der Waals surface area (Å²) >= 11 is 0. The van der Waals surface area contributed by atoms with E-state index < -0.39 is 23.6 Å². The van der Waals surface area contributed by atoms with Gasteiger partial charge in [0.2, 0.25) is 5.82 Å². The van der Waals surface area contributed by atoms with Crippen LogP contribution in [0.1, 0.15) is 19.3 Å². The van der Waals surface area contributed by atoms with E-state index in [0.717, 1.165) is 18.9 Å². The molecule has 1 atom stereocenters. The maximum atomic E-state index is 13.3. The Balaban J connectivity index is 1.83. The zero-order valence-corrected chi connectivity index (χ0v) is 10.2. The Labute approximate surface area is 109 Å². The predicted octanol–water partition coefficient (Wildman–Crippen LogP) is 1.94. The molecular weight excluding hydrogens is 256 g/mol. The number of benzene rings is 1. The number of hydrogen-bond acceptors (Lipinski definition) is 3. The maximum absolute atomic E-state index is 13.3. The molecule has 104 valence electrons. The second-order valence-corrected chi connectivity index (χ2v) is 4.52. The molecule has 0 saturated heterocycles. The lowest BCUT2D eigenvalue weighted by molar-refractivity contribution is -0.139. The van der Waals surface area contributed by atoms with Crippen molar-refractivity contribution in [1.29, 1.82) is 0 Å². The Hall–Kier alpha value is -1.69. The summed E-state index contributed by atoms with van der Waals surface area (Å²) in [4.78, 5) is 11.0. The Morgan fingerprint density at radius 2 is 2.21 bits per heavy atom. The fourth-order valence-electron chi connectivity index (χ4n) is 1.69. The SMILES string of the molecule is O=C(O)C(CCOc1cccc(F)c1F)NC1CC1. The molecule has 0 amide bonds. The fraction of sp³-hybridized carbons (Fsp3) is 0.462. The number of nitrogens with one attached hydrogen (secondary N) is 1. The molecule has 1 aromatic carbocycles. The van der Waals surface area contributed by atoms with E-state index in [1.165, 1.54) is 12.1 Å². The molecule has 0 bridgehead atoms. The highest BCUT2D eigenvalue weighted by molar-refractivity contribution is 5.73. The molecule has 0 radical (unpaired) electrons. The summed E-state index contributed by atoms with van der Waals surface area (Å²) in [6.07, 6.45) is 2.15. The van der Waals surface area contributed by atoms with Crippen LogP contribution in [0.25, 0.3) is 0 Å². The van der Waals surface area contributed by atoms with E-state index in [-0.39, 0.29) is 24.8 Å². The molecule has 1 fully saturated rings. The number of carbonyl (C=O) groups is 1.